The van der Waals surface area contributed by atoms with Gasteiger partial charge in [-0.1, -0.05) is 86.1 Å². The van der Waals surface area contributed by atoms with Crippen LogP contribution in [0.3, 0.4) is 0 Å². The minimum Gasteiger partial charge on any atom is -0.261 e. The third kappa shape index (κ3) is 4.81. The molecule has 0 saturated carbocycles. The zero-order valence-corrected chi connectivity index (χ0v) is 13.8. The molecule has 0 aliphatic heterocycles. The highest BCUT2D eigenvalue weighted by atomic mass is 35.5. The highest BCUT2D eigenvalue weighted by Gasteiger charge is 2.08. The predicted molar refractivity (Wildman–Crippen MR) is 95.9 cm³/mol. The lowest BCUT2D eigenvalue weighted by Crippen LogP contribution is -2.08. The summed E-state index contributed by atoms with van der Waals surface area (Å²) in [6.45, 7) is 4.77. The Morgan fingerprint density at radius 3 is 2.18 bits per heavy atom. The summed E-state index contributed by atoms with van der Waals surface area (Å²) in [5, 5.41) is 0.609. The van der Waals surface area contributed by atoms with E-state index >= 15 is 0 Å². The van der Waals surface area contributed by atoms with E-state index in [0.29, 0.717) is 17.6 Å². The molecule has 0 aliphatic rings. The fourth-order valence-corrected chi connectivity index (χ4v) is 2.14. The van der Waals surface area contributed by atoms with Crippen molar-refractivity contribution >= 4 is 22.6 Å². The summed E-state index contributed by atoms with van der Waals surface area (Å²) < 4.78 is 0. The first-order valence-corrected chi connectivity index (χ1v) is 7.96. The van der Waals surface area contributed by atoms with E-state index in [4.69, 9.17) is 11.6 Å². The fraction of sp³-hybridized carbons (Fsp3) is 0.263. The number of hydrogen-bond acceptors (Lipinski definition) is 1. The molecule has 2 aromatic rings. The molecule has 1 atom stereocenters. The van der Waals surface area contributed by atoms with Crippen LogP contribution in [-0.4, -0.2) is 11.0 Å². The van der Waals surface area contributed by atoms with Crippen molar-refractivity contribution < 1.29 is 0 Å². The van der Waals surface area contributed by atoms with Crippen molar-refractivity contribution in [2.75, 3.05) is 0 Å². The summed E-state index contributed by atoms with van der Waals surface area (Å²) in [5.74, 6) is 0.932. The lowest BCUT2D eigenvalue weighted by Gasteiger charge is -2.08. The molecule has 0 heterocycles. The molecule has 0 saturated heterocycles. The van der Waals surface area contributed by atoms with Crippen LogP contribution in [0.25, 0.3) is 0 Å². The quantitative estimate of drug-likeness (QED) is 0.527. The maximum absolute atomic E-state index is 6.33. The molecule has 2 nitrogen and oxygen atoms in total. The zero-order chi connectivity index (χ0) is 15.8. The van der Waals surface area contributed by atoms with Gasteiger partial charge in [0.05, 0.1) is 6.54 Å². The number of nitrogens with zero attached hydrogens (tertiary/aromatic N) is 2. The Hall–Kier alpha value is -1.93. The topological polar surface area (TPSA) is 24.7 Å². The van der Waals surface area contributed by atoms with E-state index in [-0.39, 0.29) is 5.92 Å². The maximum Gasteiger partial charge on any atom is 0.156 e. The number of amidine groups is 1. The van der Waals surface area contributed by atoms with Crippen molar-refractivity contribution in [3.63, 3.8) is 0 Å². The van der Waals surface area contributed by atoms with Gasteiger partial charge in [-0.2, -0.15) is 0 Å². The Kier molecular flexibility index (Phi) is 6.35. The molecule has 114 valence electrons. The highest BCUT2D eigenvalue weighted by molar-refractivity contribution is 6.66. The third-order valence-corrected chi connectivity index (χ3v) is 3.97. The number of benzene rings is 2. The summed E-state index contributed by atoms with van der Waals surface area (Å²) in [7, 11) is 0. The van der Waals surface area contributed by atoms with Crippen molar-refractivity contribution in [2.24, 2.45) is 15.9 Å². The van der Waals surface area contributed by atoms with Crippen molar-refractivity contribution in [1.29, 1.82) is 0 Å². The Labute approximate surface area is 137 Å². The lowest BCUT2D eigenvalue weighted by atomic mass is 10.1. The first-order valence-electron chi connectivity index (χ1n) is 7.58. The molecule has 0 N–H and O–H groups in total. The molecule has 0 aromatic heterocycles. The maximum atomic E-state index is 6.33. The molecule has 0 bridgehead atoms. The lowest BCUT2D eigenvalue weighted by molar-refractivity contribution is 0.749. The van der Waals surface area contributed by atoms with Gasteiger partial charge < -0.3 is 0 Å². The zero-order valence-electron chi connectivity index (χ0n) is 13.0. The number of aliphatic imine (C=N–C) groups is 2. The smallest absolute Gasteiger partial charge is 0.156 e. The van der Waals surface area contributed by atoms with Crippen LogP contribution in [0.4, 0.5) is 0 Å². The SMILES string of the molecule is CCC(C)C(Cl)=NC(=NCc1ccccc1)c1ccccc1. The van der Waals surface area contributed by atoms with Gasteiger partial charge >= 0.3 is 0 Å². The molecular weight excluding hydrogens is 292 g/mol. The molecule has 2 aromatic carbocycles. The third-order valence-electron chi connectivity index (χ3n) is 3.52. The summed E-state index contributed by atoms with van der Waals surface area (Å²) in [4.78, 5) is 9.23. The van der Waals surface area contributed by atoms with Gasteiger partial charge in [-0.3, -0.25) is 4.99 Å². The first kappa shape index (κ1) is 16.4. The standard InChI is InChI=1S/C19H21ClN2/c1-3-15(2)18(20)22-19(17-12-8-5-9-13-17)21-14-16-10-6-4-7-11-16/h4-13,15H,3,14H2,1-2H3. The first-order chi connectivity index (χ1) is 10.7. The van der Waals surface area contributed by atoms with Crippen molar-refractivity contribution in [3.05, 3.63) is 71.8 Å². The molecule has 2 rings (SSSR count). The van der Waals surface area contributed by atoms with E-state index in [1.165, 1.54) is 0 Å². The Balaban J connectivity index is 2.30. The summed E-state index contributed by atoms with van der Waals surface area (Å²) >= 11 is 6.33. The second kappa shape index (κ2) is 8.50. The molecule has 0 amide bonds. The van der Waals surface area contributed by atoms with Gasteiger partial charge in [0.1, 0.15) is 5.17 Å². The average molecular weight is 313 g/mol. The molecule has 0 fully saturated rings. The van der Waals surface area contributed by atoms with E-state index in [1.54, 1.807) is 0 Å². The van der Waals surface area contributed by atoms with Crippen LogP contribution in [0.2, 0.25) is 0 Å². The predicted octanol–water partition coefficient (Wildman–Crippen LogP) is 5.32. The van der Waals surface area contributed by atoms with E-state index < -0.39 is 0 Å². The van der Waals surface area contributed by atoms with E-state index in [0.717, 1.165) is 17.5 Å². The minimum atomic E-state index is 0.243. The van der Waals surface area contributed by atoms with Crippen LogP contribution in [-0.2, 0) is 6.54 Å². The molecule has 22 heavy (non-hydrogen) atoms. The van der Waals surface area contributed by atoms with Gasteiger partial charge in [0.15, 0.2) is 5.84 Å². The molecule has 1 unspecified atom stereocenters. The van der Waals surface area contributed by atoms with Gasteiger partial charge in [0.2, 0.25) is 0 Å². The Morgan fingerprint density at radius 1 is 1.00 bits per heavy atom. The molecular formula is C19H21ClN2. The number of rotatable bonds is 5. The summed E-state index contributed by atoms with van der Waals surface area (Å²) in [5.41, 5.74) is 2.14. The van der Waals surface area contributed by atoms with Gasteiger partial charge in [-0.05, 0) is 12.0 Å². The van der Waals surface area contributed by atoms with Crippen LogP contribution < -0.4 is 0 Å². The van der Waals surface area contributed by atoms with Crippen LogP contribution in [0, 0.1) is 5.92 Å². The van der Waals surface area contributed by atoms with Gasteiger partial charge in [-0.15, -0.1) is 0 Å². The van der Waals surface area contributed by atoms with Gasteiger partial charge in [0.25, 0.3) is 0 Å². The summed E-state index contributed by atoms with van der Waals surface area (Å²) in [6.07, 6.45) is 0.961. The van der Waals surface area contributed by atoms with Crippen molar-refractivity contribution in [1.82, 2.24) is 0 Å². The second-order valence-electron chi connectivity index (χ2n) is 5.24. The van der Waals surface area contributed by atoms with Gasteiger partial charge in [-0.25, -0.2) is 4.99 Å². The molecule has 0 radical (unpaired) electrons. The fourth-order valence-electron chi connectivity index (χ4n) is 1.91. The number of hydrogen-bond donors (Lipinski definition) is 0. The second-order valence-corrected chi connectivity index (χ2v) is 5.62. The van der Waals surface area contributed by atoms with E-state index in [1.807, 2.05) is 48.5 Å². The van der Waals surface area contributed by atoms with Crippen LogP contribution in [0.15, 0.2) is 70.6 Å². The van der Waals surface area contributed by atoms with Gasteiger partial charge in [0, 0.05) is 11.5 Å². The van der Waals surface area contributed by atoms with Crippen LogP contribution in [0.5, 0.6) is 0 Å². The monoisotopic (exact) mass is 312 g/mol. The Morgan fingerprint density at radius 2 is 1.59 bits per heavy atom. The molecule has 0 spiro atoms. The van der Waals surface area contributed by atoms with Crippen LogP contribution >= 0.6 is 11.6 Å². The minimum absolute atomic E-state index is 0.243. The highest BCUT2D eigenvalue weighted by Crippen LogP contribution is 2.12. The normalized spacial score (nSPS) is 14.0. The van der Waals surface area contributed by atoms with E-state index in [2.05, 4.69) is 36.0 Å². The van der Waals surface area contributed by atoms with E-state index in [9.17, 15) is 0 Å². The van der Waals surface area contributed by atoms with Crippen molar-refractivity contribution in [2.45, 2.75) is 26.8 Å². The van der Waals surface area contributed by atoms with Crippen molar-refractivity contribution in [3.8, 4) is 0 Å². The molecule has 3 heteroatoms. The Bertz CT molecular complexity index is 633. The molecule has 0 aliphatic carbocycles. The largest absolute Gasteiger partial charge is 0.261 e. The number of halogens is 1. The average Bonchev–Trinajstić information content (AvgIpc) is 2.59. The summed E-state index contributed by atoms with van der Waals surface area (Å²) in [6, 6.07) is 20.1. The van der Waals surface area contributed by atoms with Crippen LogP contribution in [0.1, 0.15) is 31.4 Å².